The van der Waals surface area contributed by atoms with E-state index in [0.717, 1.165) is 45.2 Å². The minimum Gasteiger partial charge on any atom is -0.492 e. The van der Waals surface area contributed by atoms with Crippen LogP contribution in [0.5, 0.6) is 23.0 Å². The van der Waals surface area contributed by atoms with Crippen molar-refractivity contribution in [2.24, 2.45) is 0 Å². The number of hydrogen-bond donors (Lipinski definition) is 2. The number of nitrogens with two attached hydrogens (primary N) is 1. The summed E-state index contributed by atoms with van der Waals surface area (Å²) in [7, 11) is 1.00. The van der Waals surface area contributed by atoms with E-state index in [-0.39, 0.29) is 41.8 Å². The van der Waals surface area contributed by atoms with Crippen LogP contribution in [-0.4, -0.2) is 90.6 Å². The largest absolute Gasteiger partial charge is 0.492 e. The molecular formula is C43H52F6N4O7. The van der Waals surface area contributed by atoms with Gasteiger partial charge in [-0.25, -0.2) is 0 Å². The van der Waals surface area contributed by atoms with Gasteiger partial charge in [0, 0.05) is 52.4 Å². The molecule has 11 nitrogen and oxygen atoms in total. The molecule has 0 unspecified atom stereocenters. The number of alkyl halides is 6. The second-order valence-corrected chi connectivity index (χ2v) is 14.7. The monoisotopic (exact) mass is 850 g/mol. The third-order valence-electron chi connectivity index (χ3n) is 10.2. The fourth-order valence-corrected chi connectivity index (χ4v) is 6.72. The molecule has 2 heterocycles. The number of rotatable bonds is 13. The number of aliphatic hydroxyl groups is 1. The van der Waals surface area contributed by atoms with Crippen LogP contribution in [0.15, 0.2) is 97.1 Å². The van der Waals surface area contributed by atoms with E-state index in [1.807, 2.05) is 31.2 Å². The molecular weight excluding hydrogens is 798 g/mol. The second-order valence-electron chi connectivity index (χ2n) is 14.7. The lowest BCUT2D eigenvalue weighted by molar-refractivity contribution is -0.386. The standard InChI is InChI=1S/C21H23F3N2O4.C21H25F3N2O2.CH4O/c1-20(30-19-9-5-3-7-17(19)26(27)28)10-12-25(13-11-20)14-15-29-18-8-4-2-6-16(18)21(22,23)24;1-20(28-19-9-5-3-7-17(19)25)10-12-26(13-11-20)14-15-27-18-8-4-2-6-16(18)21(22,23)24;1-2/h2-9H,10-15H2,1H3;2-9H,10-15,25H2,1H3;2H,1H3. The molecule has 0 aromatic heterocycles. The van der Waals surface area contributed by atoms with Gasteiger partial charge in [0.1, 0.15) is 41.7 Å². The fourth-order valence-electron chi connectivity index (χ4n) is 6.72. The molecule has 2 fully saturated rings. The van der Waals surface area contributed by atoms with Crippen molar-refractivity contribution in [1.29, 1.82) is 0 Å². The van der Waals surface area contributed by atoms with Gasteiger partial charge in [-0.2, -0.15) is 26.3 Å². The number of nitro benzene ring substituents is 1. The quantitative estimate of drug-likeness (QED) is 0.0581. The number of nitrogens with zero attached hydrogens (tertiary/aromatic N) is 3. The maximum absolute atomic E-state index is 13.0. The fraction of sp³-hybridized carbons (Fsp3) is 0.442. The Kier molecular flexibility index (Phi) is 16.8. The lowest BCUT2D eigenvalue weighted by atomic mass is 9.93. The lowest BCUT2D eigenvalue weighted by Crippen LogP contribution is -2.47. The van der Waals surface area contributed by atoms with E-state index in [1.165, 1.54) is 36.4 Å². The second kappa shape index (κ2) is 21.3. The molecule has 3 N–H and O–H groups in total. The molecule has 6 rings (SSSR count). The molecule has 4 aromatic carbocycles. The van der Waals surface area contributed by atoms with Gasteiger partial charge in [-0.1, -0.05) is 48.5 Å². The zero-order valence-corrected chi connectivity index (χ0v) is 33.8. The Hall–Kier alpha value is -5.26. The number of likely N-dealkylation sites (tertiary alicyclic amines) is 2. The van der Waals surface area contributed by atoms with Crippen LogP contribution < -0.4 is 24.7 Å². The van der Waals surface area contributed by atoms with Gasteiger partial charge >= 0.3 is 18.0 Å². The zero-order valence-electron chi connectivity index (χ0n) is 33.8. The number of anilines is 1. The van der Waals surface area contributed by atoms with E-state index in [4.69, 9.17) is 29.8 Å². The first-order chi connectivity index (χ1) is 28.4. The summed E-state index contributed by atoms with van der Waals surface area (Å²) in [5, 5.41) is 18.2. The minimum absolute atomic E-state index is 0.0714. The highest BCUT2D eigenvalue weighted by atomic mass is 19.4. The topological polar surface area (TPSA) is 133 Å². The highest BCUT2D eigenvalue weighted by Gasteiger charge is 2.37. The first kappa shape index (κ1) is 47.4. The van der Waals surface area contributed by atoms with Gasteiger partial charge in [-0.05, 0) is 82.0 Å². The first-order valence-corrected chi connectivity index (χ1v) is 19.4. The molecule has 0 radical (unpaired) electrons. The van der Waals surface area contributed by atoms with Crippen molar-refractivity contribution in [2.75, 3.05) is 65.3 Å². The summed E-state index contributed by atoms with van der Waals surface area (Å²) in [5.74, 6) is 0.627. The SMILES string of the molecule is CC1(Oc2ccccc2N)CCN(CCOc2ccccc2C(F)(F)F)CC1.CC1(Oc2ccccc2[N+](=O)[O-])CCN(CCOc2ccccc2C(F)(F)F)CC1.CO. The van der Waals surface area contributed by atoms with Crippen molar-refractivity contribution < 1.29 is 55.3 Å². The predicted octanol–water partition coefficient (Wildman–Crippen LogP) is 9.13. The Morgan fingerprint density at radius 3 is 1.37 bits per heavy atom. The molecule has 0 atom stereocenters. The molecule has 2 aliphatic rings. The van der Waals surface area contributed by atoms with Crippen LogP contribution in [0.2, 0.25) is 0 Å². The third-order valence-corrected chi connectivity index (χ3v) is 10.2. The summed E-state index contributed by atoms with van der Waals surface area (Å²) in [4.78, 5) is 15.0. The van der Waals surface area contributed by atoms with Crippen LogP contribution in [0.4, 0.5) is 37.7 Å². The number of piperidine rings is 2. The predicted molar refractivity (Wildman–Crippen MR) is 215 cm³/mol. The van der Waals surface area contributed by atoms with E-state index in [9.17, 15) is 36.5 Å². The van der Waals surface area contributed by atoms with Crippen LogP contribution in [0, 0.1) is 10.1 Å². The normalized spacial score (nSPS) is 16.6. The average Bonchev–Trinajstić information content (AvgIpc) is 3.21. The van der Waals surface area contributed by atoms with Crippen LogP contribution in [0.25, 0.3) is 0 Å². The maximum Gasteiger partial charge on any atom is 0.419 e. The van der Waals surface area contributed by atoms with E-state index in [0.29, 0.717) is 50.5 Å². The summed E-state index contributed by atoms with van der Waals surface area (Å²) in [6.45, 7) is 8.24. The van der Waals surface area contributed by atoms with E-state index < -0.39 is 34.0 Å². The summed E-state index contributed by atoms with van der Waals surface area (Å²) < 4.78 is 101. The Morgan fingerprint density at radius 2 is 0.967 bits per heavy atom. The summed E-state index contributed by atoms with van der Waals surface area (Å²) >= 11 is 0. The summed E-state index contributed by atoms with van der Waals surface area (Å²) in [6.07, 6.45) is -5.99. The van der Waals surface area contributed by atoms with Gasteiger partial charge in [0.25, 0.3) is 0 Å². The van der Waals surface area contributed by atoms with Crippen LogP contribution >= 0.6 is 0 Å². The Bertz CT molecular complexity index is 1950. The van der Waals surface area contributed by atoms with E-state index in [1.54, 1.807) is 24.3 Å². The maximum atomic E-state index is 13.0. The number of nitro groups is 1. The molecule has 60 heavy (non-hydrogen) atoms. The Balaban J connectivity index is 0.000000255. The number of para-hydroxylation sites is 6. The van der Waals surface area contributed by atoms with Gasteiger partial charge in [-0.15, -0.1) is 0 Å². The van der Waals surface area contributed by atoms with E-state index in [2.05, 4.69) is 16.7 Å². The molecule has 0 aliphatic carbocycles. The van der Waals surface area contributed by atoms with Crippen LogP contribution in [0.3, 0.4) is 0 Å². The van der Waals surface area contributed by atoms with Crippen molar-refractivity contribution in [3.05, 3.63) is 118 Å². The molecule has 2 aliphatic heterocycles. The number of hydrogen-bond acceptors (Lipinski definition) is 10. The van der Waals surface area contributed by atoms with Crippen molar-refractivity contribution in [3.63, 3.8) is 0 Å². The molecule has 0 saturated carbocycles. The third kappa shape index (κ3) is 13.9. The number of aliphatic hydroxyl groups excluding tert-OH is 1. The molecule has 17 heteroatoms. The number of ether oxygens (including phenoxy) is 4. The molecule has 0 amide bonds. The highest BCUT2D eigenvalue weighted by molar-refractivity contribution is 5.52. The van der Waals surface area contributed by atoms with Crippen LogP contribution in [0.1, 0.15) is 50.7 Å². The van der Waals surface area contributed by atoms with Crippen LogP contribution in [-0.2, 0) is 12.4 Å². The zero-order chi connectivity index (χ0) is 44.0. The Morgan fingerprint density at radius 1 is 0.617 bits per heavy atom. The lowest BCUT2D eigenvalue weighted by Gasteiger charge is -2.39. The van der Waals surface area contributed by atoms with Crippen molar-refractivity contribution in [2.45, 2.75) is 63.1 Å². The average molecular weight is 851 g/mol. The number of halogens is 6. The van der Waals surface area contributed by atoms with Crippen molar-refractivity contribution in [3.8, 4) is 23.0 Å². The molecule has 328 valence electrons. The first-order valence-electron chi connectivity index (χ1n) is 19.4. The smallest absolute Gasteiger partial charge is 0.419 e. The molecule has 0 spiro atoms. The highest BCUT2D eigenvalue weighted by Crippen LogP contribution is 2.38. The van der Waals surface area contributed by atoms with E-state index >= 15 is 0 Å². The van der Waals surface area contributed by atoms with Gasteiger partial charge in [-0.3, -0.25) is 19.9 Å². The number of benzene rings is 4. The minimum atomic E-state index is -4.46. The molecule has 0 bridgehead atoms. The van der Waals surface area contributed by atoms with Gasteiger partial charge in [0.15, 0.2) is 5.75 Å². The van der Waals surface area contributed by atoms with Crippen molar-refractivity contribution in [1.82, 2.24) is 9.80 Å². The molecule has 4 aromatic rings. The van der Waals surface area contributed by atoms with Gasteiger partial charge < -0.3 is 29.8 Å². The summed E-state index contributed by atoms with van der Waals surface area (Å²) in [6, 6.07) is 24.2. The number of nitrogen functional groups attached to an aromatic ring is 1. The molecule has 2 saturated heterocycles. The van der Waals surface area contributed by atoms with Crippen molar-refractivity contribution >= 4 is 11.4 Å². The van der Waals surface area contributed by atoms with Gasteiger partial charge in [0.05, 0.1) is 21.7 Å². The van der Waals surface area contributed by atoms with Gasteiger partial charge in [0.2, 0.25) is 0 Å². The summed E-state index contributed by atoms with van der Waals surface area (Å²) in [5.41, 5.74) is 4.12. The Labute approximate surface area is 345 Å².